The molecule has 7 heteroatoms. The molecule has 0 radical (unpaired) electrons. The Labute approximate surface area is 125 Å². The topological polar surface area (TPSA) is 28.2 Å². The van der Waals surface area contributed by atoms with Gasteiger partial charge in [-0.05, 0) is 28.9 Å². The molecule has 114 valence electrons. The lowest BCUT2D eigenvalue weighted by molar-refractivity contribution is -0.137. The molecule has 1 rings (SSSR count). The SMILES string of the molecule is CCN(CCNC(C)C)c1ncc(Br)cc1C(F)(F)F. The van der Waals surface area contributed by atoms with Crippen molar-refractivity contribution in [3.63, 3.8) is 0 Å². The van der Waals surface area contributed by atoms with Gasteiger partial charge in [0.15, 0.2) is 0 Å². The number of pyridine rings is 1. The summed E-state index contributed by atoms with van der Waals surface area (Å²) in [5.41, 5.74) is -0.710. The van der Waals surface area contributed by atoms with Crippen molar-refractivity contribution in [2.75, 3.05) is 24.5 Å². The lowest BCUT2D eigenvalue weighted by atomic mass is 10.2. The lowest BCUT2D eigenvalue weighted by Crippen LogP contribution is -2.36. The van der Waals surface area contributed by atoms with Gasteiger partial charge in [0, 0.05) is 36.3 Å². The predicted molar refractivity (Wildman–Crippen MR) is 78.0 cm³/mol. The van der Waals surface area contributed by atoms with Crippen molar-refractivity contribution in [1.82, 2.24) is 10.3 Å². The van der Waals surface area contributed by atoms with Gasteiger partial charge in [-0.3, -0.25) is 0 Å². The van der Waals surface area contributed by atoms with Gasteiger partial charge < -0.3 is 10.2 Å². The normalized spacial score (nSPS) is 12.0. The standard InChI is InChI=1S/C13H19BrF3N3/c1-4-20(6-5-18-9(2)3)12-11(13(15,16)17)7-10(14)8-19-12/h7-9,18H,4-6H2,1-3H3. The smallest absolute Gasteiger partial charge is 0.355 e. The van der Waals surface area contributed by atoms with Crippen LogP contribution in [-0.2, 0) is 6.18 Å². The van der Waals surface area contributed by atoms with Crippen molar-refractivity contribution in [3.05, 3.63) is 22.3 Å². The first-order chi connectivity index (χ1) is 9.25. The second-order valence-corrected chi connectivity index (χ2v) is 5.63. The van der Waals surface area contributed by atoms with E-state index >= 15 is 0 Å². The maximum absolute atomic E-state index is 13.1. The highest BCUT2D eigenvalue weighted by atomic mass is 79.9. The van der Waals surface area contributed by atoms with Gasteiger partial charge in [0.25, 0.3) is 0 Å². The summed E-state index contributed by atoms with van der Waals surface area (Å²) in [5, 5.41) is 3.19. The summed E-state index contributed by atoms with van der Waals surface area (Å²) in [6.07, 6.45) is -3.02. The first-order valence-corrected chi connectivity index (χ1v) is 7.26. The third-order valence-corrected chi connectivity index (χ3v) is 3.19. The van der Waals surface area contributed by atoms with Crippen LogP contribution in [0.5, 0.6) is 0 Å². The van der Waals surface area contributed by atoms with Crippen molar-refractivity contribution >= 4 is 21.7 Å². The maximum atomic E-state index is 13.1. The Morgan fingerprint density at radius 3 is 2.55 bits per heavy atom. The number of alkyl halides is 3. The van der Waals surface area contributed by atoms with Crippen molar-refractivity contribution < 1.29 is 13.2 Å². The lowest BCUT2D eigenvalue weighted by Gasteiger charge is -2.26. The van der Waals surface area contributed by atoms with Gasteiger partial charge in [-0.25, -0.2) is 4.98 Å². The zero-order chi connectivity index (χ0) is 15.3. The third-order valence-electron chi connectivity index (χ3n) is 2.75. The van der Waals surface area contributed by atoms with Crippen LogP contribution in [0.3, 0.4) is 0 Å². The molecule has 0 saturated carbocycles. The molecular weight excluding hydrogens is 335 g/mol. The van der Waals surface area contributed by atoms with Crippen LogP contribution in [0.1, 0.15) is 26.3 Å². The molecule has 0 aliphatic heterocycles. The van der Waals surface area contributed by atoms with Crippen LogP contribution in [0.4, 0.5) is 19.0 Å². The summed E-state index contributed by atoms with van der Waals surface area (Å²) in [6, 6.07) is 1.37. The monoisotopic (exact) mass is 353 g/mol. The average Bonchev–Trinajstić information content (AvgIpc) is 2.34. The molecule has 0 amide bonds. The molecule has 1 aromatic rings. The zero-order valence-corrected chi connectivity index (χ0v) is 13.3. The predicted octanol–water partition coefficient (Wildman–Crippen LogP) is 3.69. The number of hydrogen-bond donors (Lipinski definition) is 1. The highest BCUT2D eigenvalue weighted by Crippen LogP contribution is 2.36. The van der Waals surface area contributed by atoms with Gasteiger partial charge in [0.05, 0.1) is 5.56 Å². The van der Waals surface area contributed by atoms with Crippen LogP contribution >= 0.6 is 15.9 Å². The minimum absolute atomic E-state index is 0.0197. The molecule has 0 aromatic carbocycles. The summed E-state index contributed by atoms with van der Waals surface area (Å²) in [5.74, 6) is -0.0197. The van der Waals surface area contributed by atoms with Crippen LogP contribution in [0, 0.1) is 0 Å². The first kappa shape index (κ1) is 17.2. The van der Waals surface area contributed by atoms with E-state index in [1.54, 1.807) is 4.90 Å². The van der Waals surface area contributed by atoms with Crippen molar-refractivity contribution in [2.45, 2.75) is 33.0 Å². The molecule has 0 aliphatic carbocycles. The van der Waals surface area contributed by atoms with E-state index in [0.29, 0.717) is 30.1 Å². The Kier molecular flexibility index (Phi) is 6.26. The number of rotatable bonds is 6. The molecule has 0 saturated heterocycles. The molecule has 0 unspecified atom stereocenters. The zero-order valence-electron chi connectivity index (χ0n) is 11.8. The molecule has 1 aromatic heterocycles. The Morgan fingerprint density at radius 2 is 2.05 bits per heavy atom. The highest BCUT2D eigenvalue weighted by Gasteiger charge is 2.35. The van der Waals surface area contributed by atoms with E-state index < -0.39 is 11.7 Å². The van der Waals surface area contributed by atoms with E-state index in [-0.39, 0.29) is 5.82 Å². The maximum Gasteiger partial charge on any atom is 0.419 e. The van der Waals surface area contributed by atoms with Gasteiger partial charge in [-0.2, -0.15) is 13.2 Å². The first-order valence-electron chi connectivity index (χ1n) is 6.46. The molecule has 0 bridgehead atoms. The van der Waals surface area contributed by atoms with E-state index in [1.165, 1.54) is 6.20 Å². The number of nitrogens with one attached hydrogen (secondary N) is 1. The van der Waals surface area contributed by atoms with E-state index in [0.717, 1.165) is 6.07 Å². The molecular formula is C13H19BrF3N3. The number of anilines is 1. The summed E-state index contributed by atoms with van der Waals surface area (Å²) < 4.78 is 39.5. The molecule has 1 N–H and O–H groups in total. The van der Waals surface area contributed by atoms with Gasteiger partial charge in [0.2, 0.25) is 0 Å². The fraction of sp³-hybridized carbons (Fsp3) is 0.615. The average molecular weight is 354 g/mol. The molecule has 0 fully saturated rings. The molecule has 3 nitrogen and oxygen atoms in total. The summed E-state index contributed by atoms with van der Waals surface area (Å²) in [7, 11) is 0. The second kappa shape index (κ2) is 7.26. The Balaban J connectivity index is 2.97. The van der Waals surface area contributed by atoms with E-state index in [2.05, 4.69) is 26.2 Å². The van der Waals surface area contributed by atoms with Gasteiger partial charge >= 0.3 is 6.18 Å². The number of aromatic nitrogens is 1. The van der Waals surface area contributed by atoms with Crippen LogP contribution in [0.2, 0.25) is 0 Å². The third kappa shape index (κ3) is 4.94. The molecule has 0 spiro atoms. The van der Waals surface area contributed by atoms with Gasteiger partial charge in [-0.15, -0.1) is 0 Å². The summed E-state index contributed by atoms with van der Waals surface area (Å²) in [4.78, 5) is 5.57. The molecule has 1 heterocycles. The van der Waals surface area contributed by atoms with Crippen LogP contribution in [-0.4, -0.2) is 30.7 Å². The van der Waals surface area contributed by atoms with E-state index in [4.69, 9.17) is 0 Å². The largest absolute Gasteiger partial charge is 0.419 e. The molecule has 0 atom stereocenters. The fourth-order valence-electron chi connectivity index (χ4n) is 1.79. The molecule has 20 heavy (non-hydrogen) atoms. The van der Waals surface area contributed by atoms with Crippen molar-refractivity contribution in [2.24, 2.45) is 0 Å². The van der Waals surface area contributed by atoms with E-state index in [1.807, 2.05) is 20.8 Å². The van der Waals surface area contributed by atoms with Crippen LogP contribution < -0.4 is 10.2 Å². The molecule has 0 aliphatic rings. The Bertz CT molecular complexity index is 435. The Hall–Kier alpha value is -0.820. The second-order valence-electron chi connectivity index (χ2n) is 4.71. The summed E-state index contributed by atoms with van der Waals surface area (Å²) in [6.45, 7) is 7.37. The number of hydrogen-bond acceptors (Lipinski definition) is 3. The minimum atomic E-state index is -4.41. The van der Waals surface area contributed by atoms with Crippen LogP contribution in [0.15, 0.2) is 16.7 Å². The minimum Gasteiger partial charge on any atom is -0.355 e. The fourth-order valence-corrected chi connectivity index (χ4v) is 2.13. The number of likely N-dealkylation sites (N-methyl/N-ethyl adjacent to an activating group) is 1. The van der Waals surface area contributed by atoms with Gasteiger partial charge in [0.1, 0.15) is 5.82 Å². The Morgan fingerprint density at radius 1 is 1.40 bits per heavy atom. The summed E-state index contributed by atoms with van der Waals surface area (Å²) >= 11 is 3.04. The van der Waals surface area contributed by atoms with Crippen molar-refractivity contribution in [3.8, 4) is 0 Å². The van der Waals surface area contributed by atoms with Gasteiger partial charge in [-0.1, -0.05) is 13.8 Å². The number of halogens is 4. The number of nitrogens with zero attached hydrogens (tertiary/aromatic N) is 2. The van der Waals surface area contributed by atoms with E-state index in [9.17, 15) is 13.2 Å². The van der Waals surface area contributed by atoms with Crippen molar-refractivity contribution in [1.29, 1.82) is 0 Å². The highest BCUT2D eigenvalue weighted by molar-refractivity contribution is 9.10. The quantitative estimate of drug-likeness (QED) is 0.845. The van der Waals surface area contributed by atoms with Crippen LogP contribution in [0.25, 0.3) is 0 Å².